The van der Waals surface area contributed by atoms with Crippen LogP contribution < -0.4 is 5.32 Å². The summed E-state index contributed by atoms with van der Waals surface area (Å²) >= 11 is 1.19. The zero-order valence-electron chi connectivity index (χ0n) is 11.0. The van der Waals surface area contributed by atoms with E-state index in [1.807, 2.05) is 14.0 Å². The number of aryl methyl sites for hydroxylation is 2. The molecule has 0 aliphatic rings. The molecule has 0 unspecified atom stereocenters. The van der Waals surface area contributed by atoms with Gasteiger partial charge in [0.2, 0.25) is 0 Å². The largest absolute Gasteiger partial charge is 0.316 e. The summed E-state index contributed by atoms with van der Waals surface area (Å²) in [6.07, 6.45) is 0. The molecule has 0 aliphatic carbocycles. The maximum absolute atomic E-state index is 13.7. The monoisotopic (exact) mass is 283 g/mol. The van der Waals surface area contributed by atoms with Crippen molar-refractivity contribution >= 4 is 11.8 Å². The zero-order chi connectivity index (χ0) is 14.0. The molecular formula is C13H15F2N3S. The van der Waals surface area contributed by atoms with Crippen LogP contribution in [0.2, 0.25) is 0 Å². The molecule has 0 bridgehead atoms. The number of nitrogens with zero attached hydrogens (tertiary/aromatic N) is 2. The lowest BCUT2D eigenvalue weighted by Crippen LogP contribution is -2.06. The van der Waals surface area contributed by atoms with E-state index < -0.39 is 11.6 Å². The molecule has 1 heterocycles. The van der Waals surface area contributed by atoms with E-state index in [4.69, 9.17) is 0 Å². The Hall–Kier alpha value is -1.40. The molecule has 0 radical (unpaired) electrons. The summed E-state index contributed by atoms with van der Waals surface area (Å²) in [5, 5.41) is 8.19. The second kappa shape index (κ2) is 5.71. The highest BCUT2D eigenvalue weighted by atomic mass is 32.2. The van der Waals surface area contributed by atoms with Crippen LogP contribution in [0.25, 0.3) is 0 Å². The zero-order valence-corrected chi connectivity index (χ0v) is 11.8. The van der Waals surface area contributed by atoms with Crippen molar-refractivity contribution in [3.63, 3.8) is 0 Å². The van der Waals surface area contributed by atoms with E-state index in [1.54, 1.807) is 11.7 Å². The highest BCUT2D eigenvalue weighted by Crippen LogP contribution is 2.33. The van der Waals surface area contributed by atoms with Gasteiger partial charge in [-0.3, -0.25) is 4.68 Å². The van der Waals surface area contributed by atoms with E-state index in [2.05, 4.69) is 10.4 Å². The lowest BCUT2D eigenvalue weighted by atomic mass is 10.3. The maximum Gasteiger partial charge on any atom is 0.137 e. The van der Waals surface area contributed by atoms with Gasteiger partial charge in [0, 0.05) is 19.2 Å². The molecule has 0 fully saturated rings. The van der Waals surface area contributed by atoms with Crippen molar-refractivity contribution in [3.8, 4) is 0 Å². The summed E-state index contributed by atoms with van der Waals surface area (Å²) in [7, 11) is 3.63. The molecule has 1 aromatic heterocycles. The first-order valence-corrected chi connectivity index (χ1v) is 6.64. The van der Waals surface area contributed by atoms with E-state index in [0.717, 1.165) is 28.4 Å². The van der Waals surface area contributed by atoms with Crippen molar-refractivity contribution in [2.75, 3.05) is 7.05 Å². The Bertz CT molecular complexity index is 596. The SMILES string of the molecule is CNCc1c(C)nn(C)c1Sc1cc(F)ccc1F. The Morgan fingerprint density at radius 3 is 2.79 bits per heavy atom. The highest BCUT2D eigenvalue weighted by Gasteiger charge is 2.16. The fourth-order valence-corrected chi connectivity index (χ4v) is 2.91. The van der Waals surface area contributed by atoms with Gasteiger partial charge in [-0.2, -0.15) is 5.10 Å². The predicted molar refractivity (Wildman–Crippen MR) is 71.2 cm³/mol. The van der Waals surface area contributed by atoms with E-state index in [9.17, 15) is 8.78 Å². The summed E-state index contributed by atoms with van der Waals surface area (Å²) in [5.74, 6) is -0.876. The molecule has 0 saturated heterocycles. The van der Waals surface area contributed by atoms with Crippen LogP contribution in [0, 0.1) is 18.6 Å². The van der Waals surface area contributed by atoms with Crippen molar-refractivity contribution in [1.82, 2.24) is 15.1 Å². The first kappa shape index (κ1) is 14.0. The first-order valence-electron chi connectivity index (χ1n) is 5.83. The summed E-state index contributed by atoms with van der Waals surface area (Å²) in [6.45, 7) is 2.54. The number of aromatic nitrogens is 2. The van der Waals surface area contributed by atoms with Crippen LogP contribution in [-0.4, -0.2) is 16.8 Å². The molecule has 0 aliphatic heterocycles. The normalized spacial score (nSPS) is 11.0. The average molecular weight is 283 g/mol. The van der Waals surface area contributed by atoms with Gasteiger partial charge in [0.15, 0.2) is 0 Å². The summed E-state index contributed by atoms with van der Waals surface area (Å²) in [4.78, 5) is 0.264. The van der Waals surface area contributed by atoms with E-state index in [-0.39, 0.29) is 4.90 Å². The van der Waals surface area contributed by atoms with Crippen LogP contribution >= 0.6 is 11.8 Å². The standard InChI is InChI=1S/C13H15F2N3S/c1-8-10(7-16-2)13(18(3)17-8)19-12-6-9(14)4-5-11(12)15/h4-6,16H,7H2,1-3H3. The topological polar surface area (TPSA) is 29.9 Å². The van der Waals surface area contributed by atoms with E-state index in [0.29, 0.717) is 6.54 Å². The Morgan fingerprint density at radius 2 is 2.11 bits per heavy atom. The molecule has 2 rings (SSSR count). The summed E-state index contributed by atoms with van der Waals surface area (Å²) in [6, 6.07) is 3.45. The minimum Gasteiger partial charge on any atom is -0.316 e. The molecule has 0 saturated carbocycles. The lowest BCUT2D eigenvalue weighted by molar-refractivity contribution is 0.576. The lowest BCUT2D eigenvalue weighted by Gasteiger charge is -2.07. The minimum absolute atomic E-state index is 0.264. The smallest absolute Gasteiger partial charge is 0.137 e. The fourth-order valence-electron chi connectivity index (χ4n) is 1.85. The fraction of sp³-hybridized carbons (Fsp3) is 0.308. The van der Waals surface area contributed by atoms with Gasteiger partial charge < -0.3 is 5.32 Å². The van der Waals surface area contributed by atoms with Crippen LogP contribution in [0.4, 0.5) is 8.78 Å². The molecule has 19 heavy (non-hydrogen) atoms. The Labute approximate surface area is 115 Å². The quantitative estimate of drug-likeness (QED) is 0.935. The second-order valence-electron chi connectivity index (χ2n) is 4.20. The third kappa shape index (κ3) is 2.96. The van der Waals surface area contributed by atoms with E-state index >= 15 is 0 Å². The van der Waals surface area contributed by atoms with Gasteiger partial charge in [-0.05, 0) is 32.2 Å². The molecule has 1 aromatic carbocycles. The van der Waals surface area contributed by atoms with Crippen LogP contribution in [0.5, 0.6) is 0 Å². The number of halogens is 2. The van der Waals surface area contributed by atoms with Gasteiger partial charge in [0.25, 0.3) is 0 Å². The van der Waals surface area contributed by atoms with Crippen molar-refractivity contribution in [3.05, 3.63) is 41.1 Å². The van der Waals surface area contributed by atoms with Crippen molar-refractivity contribution in [1.29, 1.82) is 0 Å². The third-order valence-corrected chi connectivity index (χ3v) is 3.98. The van der Waals surface area contributed by atoms with Crippen LogP contribution in [0.3, 0.4) is 0 Å². The van der Waals surface area contributed by atoms with Gasteiger partial charge in [-0.25, -0.2) is 8.78 Å². The third-order valence-electron chi connectivity index (χ3n) is 2.74. The Kier molecular flexibility index (Phi) is 4.21. The second-order valence-corrected chi connectivity index (χ2v) is 5.23. The van der Waals surface area contributed by atoms with Crippen molar-refractivity contribution in [2.45, 2.75) is 23.4 Å². The van der Waals surface area contributed by atoms with Crippen LogP contribution in [0.15, 0.2) is 28.1 Å². The molecule has 0 spiro atoms. The van der Waals surface area contributed by atoms with E-state index in [1.165, 1.54) is 17.8 Å². The first-order chi connectivity index (χ1) is 9.02. The Balaban J connectivity index is 2.40. The van der Waals surface area contributed by atoms with Crippen molar-refractivity contribution < 1.29 is 8.78 Å². The van der Waals surface area contributed by atoms with Crippen LogP contribution in [0.1, 0.15) is 11.3 Å². The maximum atomic E-state index is 13.7. The summed E-state index contributed by atoms with van der Waals surface area (Å²) in [5.41, 5.74) is 1.88. The average Bonchev–Trinajstić information content (AvgIpc) is 2.61. The molecule has 0 amide bonds. The molecule has 1 N–H and O–H groups in total. The molecule has 6 heteroatoms. The van der Waals surface area contributed by atoms with Crippen LogP contribution in [-0.2, 0) is 13.6 Å². The van der Waals surface area contributed by atoms with Gasteiger partial charge in [0.1, 0.15) is 16.7 Å². The predicted octanol–water partition coefficient (Wildman–Crippen LogP) is 2.88. The minimum atomic E-state index is -0.446. The van der Waals surface area contributed by atoms with Gasteiger partial charge in [0.05, 0.1) is 10.6 Å². The molecule has 3 nitrogen and oxygen atoms in total. The van der Waals surface area contributed by atoms with Gasteiger partial charge in [-0.15, -0.1) is 0 Å². The van der Waals surface area contributed by atoms with Gasteiger partial charge in [-0.1, -0.05) is 11.8 Å². The van der Waals surface area contributed by atoms with Crippen molar-refractivity contribution in [2.24, 2.45) is 7.05 Å². The molecular weight excluding hydrogens is 268 g/mol. The highest BCUT2D eigenvalue weighted by molar-refractivity contribution is 7.99. The number of benzene rings is 1. The molecule has 2 aromatic rings. The molecule has 102 valence electrons. The Morgan fingerprint density at radius 1 is 1.37 bits per heavy atom. The number of hydrogen-bond donors (Lipinski definition) is 1. The number of rotatable bonds is 4. The van der Waals surface area contributed by atoms with Gasteiger partial charge >= 0.3 is 0 Å². The number of nitrogens with one attached hydrogen (secondary N) is 1. The summed E-state index contributed by atoms with van der Waals surface area (Å²) < 4.78 is 28.6. The molecule has 0 atom stereocenters. The number of hydrogen-bond acceptors (Lipinski definition) is 3.